The van der Waals surface area contributed by atoms with Crippen LogP contribution >= 0.6 is 12.4 Å². The first-order valence-electron chi connectivity index (χ1n) is 5.77. The molecule has 1 aromatic heterocycles. The summed E-state index contributed by atoms with van der Waals surface area (Å²) in [6, 6.07) is 3.59. The molecule has 0 radical (unpaired) electrons. The summed E-state index contributed by atoms with van der Waals surface area (Å²) in [5.41, 5.74) is 6.42. The number of aromatic nitrogens is 1. The van der Waals surface area contributed by atoms with Crippen molar-refractivity contribution < 1.29 is 8.78 Å². The standard InChI is InChI=1S/C12H17F2N3.ClH/c1-17(10-4-5-12(13,14)6-10)11-3-2-9(7-15)8-16-11;/h2-3,8,10H,4-7,15H2,1H3;1H/t10-;/m0./s1. The van der Waals surface area contributed by atoms with Gasteiger partial charge in [-0.15, -0.1) is 12.4 Å². The number of hydrogen-bond donors (Lipinski definition) is 1. The van der Waals surface area contributed by atoms with Crippen molar-refractivity contribution >= 4 is 18.2 Å². The molecule has 0 saturated heterocycles. The van der Waals surface area contributed by atoms with E-state index in [0.29, 0.717) is 13.0 Å². The number of alkyl halides is 2. The number of rotatable bonds is 3. The fourth-order valence-corrected chi connectivity index (χ4v) is 2.19. The highest BCUT2D eigenvalue weighted by atomic mass is 35.5. The molecule has 0 bridgehead atoms. The van der Waals surface area contributed by atoms with E-state index in [1.54, 1.807) is 6.20 Å². The van der Waals surface area contributed by atoms with Gasteiger partial charge in [-0.2, -0.15) is 0 Å². The zero-order valence-electron chi connectivity index (χ0n) is 10.3. The van der Waals surface area contributed by atoms with Gasteiger partial charge in [-0.05, 0) is 18.1 Å². The predicted octanol–water partition coefficient (Wildman–Crippen LogP) is 2.59. The molecule has 0 unspecified atom stereocenters. The maximum atomic E-state index is 13.1. The summed E-state index contributed by atoms with van der Waals surface area (Å²) >= 11 is 0. The van der Waals surface area contributed by atoms with E-state index in [2.05, 4.69) is 4.98 Å². The summed E-state index contributed by atoms with van der Waals surface area (Å²) in [6.45, 7) is 0.443. The van der Waals surface area contributed by atoms with Crippen LogP contribution in [-0.2, 0) is 6.54 Å². The van der Waals surface area contributed by atoms with Crippen LogP contribution in [0.3, 0.4) is 0 Å². The minimum atomic E-state index is -2.52. The van der Waals surface area contributed by atoms with Gasteiger partial charge in [-0.3, -0.25) is 0 Å². The van der Waals surface area contributed by atoms with Crippen molar-refractivity contribution in [2.45, 2.75) is 37.8 Å². The van der Waals surface area contributed by atoms with E-state index in [1.165, 1.54) is 0 Å². The van der Waals surface area contributed by atoms with Crippen molar-refractivity contribution in [1.29, 1.82) is 0 Å². The van der Waals surface area contributed by atoms with Crippen molar-refractivity contribution in [1.82, 2.24) is 4.98 Å². The molecule has 0 amide bonds. The van der Waals surface area contributed by atoms with Gasteiger partial charge in [0, 0.05) is 38.7 Å². The molecule has 1 saturated carbocycles. The molecule has 0 aromatic carbocycles. The van der Waals surface area contributed by atoms with Crippen LogP contribution in [0, 0.1) is 0 Å². The summed E-state index contributed by atoms with van der Waals surface area (Å²) < 4.78 is 26.3. The molecule has 3 nitrogen and oxygen atoms in total. The molecule has 1 aromatic rings. The van der Waals surface area contributed by atoms with E-state index >= 15 is 0 Å². The molecule has 1 fully saturated rings. The molecule has 1 aliphatic rings. The summed E-state index contributed by atoms with van der Waals surface area (Å²) in [4.78, 5) is 6.08. The molecule has 0 aliphatic heterocycles. The van der Waals surface area contributed by atoms with Gasteiger partial charge in [0.15, 0.2) is 0 Å². The monoisotopic (exact) mass is 277 g/mol. The summed E-state index contributed by atoms with van der Waals surface area (Å²) in [6.07, 6.45) is 2.11. The molecule has 1 heterocycles. The van der Waals surface area contributed by atoms with Gasteiger partial charge in [0.05, 0.1) is 0 Å². The number of nitrogens with zero attached hydrogens (tertiary/aromatic N) is 2. The lowest BCUT2D eigenvalue weighted by atomic mass is 10.2. The van der Waals surface area contributed by atoms with Crippen LogP contribution in [0.2, 0.25) is 0 Å². The number of pyridine rings is 1. The Balaban J connectivity index is 0.00000162. The minimum absolute atomic E-state index is 0. The Hall–Kier alpha value is -0.940. The van der Waals surface area contributed by atoms with E-state index in [0.717, 1.165) is 11.4 Å². The topological polar surface area (TPSA) is 42.1 Å². The molecule has 1 aliphatic carbocycles. The highest BCUT2D eigenvalue weighted by Gasteiger charge is 2.41. The second kappa shape index (κ2) is 5.80. The largest absolute Gasteiger partial charge is 0.356 e. The highest BCUT2D eigenvalue weighted by Crippen LogP contribution is 2.37. The third-order valence-electron chi connectivity index (χ3n) is 3.33. The average Bonchev–Trinajstić information content (AvgIpc) is 2.69. The Morgan fingerprint density at radius 3 is 2.67 bits per heavy atom. The Labute approximate surface area is 112 Å². The summed E-state index contributed by atoms with van der Waals surface area (Å²) in [5.74, 6) is -1.79. The number of hydrogen-bond acceptors (Lipinski definition) is 3. The summed E-state index contributed by atoms with van der Waals surface area (Å²) in [5, 5.41) is 0. The zero-order valence-corrected chi connectivity index (χ0v) is 11.1. The average molecular weight is 278 g/mol. The van der Waals surface area contributed by atoms with Crippen LogP contribution in [0.5, 0.6) is 0 Å². The van der Waals surface area contributed by atoms with Gasteiger partial charge in [0.2, 0.25) is 5.92 Å². The summed E-state index contributed by atoms with van der Waals surface area (Å²) in [7, 11) is 1.82. The zero-order chi connectivity index (χ0) is 12.5. The van der Waals surface area contributed by atoms with Crippen LogP contribution in [0.4, 0.5) is 14.6 Å². The smallest absolute Gasteiger partial charge is 0.250 e. The third-order valence-corrected chi connectivity index (χ3v) is 3.33. The van der Waals surface area contributed by atoms with Crippen molar-refractivity contribution in [3.63, 3.8) is 0 Å². The first-order chi connectivity index (χ1) is 8.02. The van der Waals surface area contributed by atoms with Gasteiger partial charge in [0.1, 0.15) is 5.82 Å². The van der Waals surface area contributed by atoms with E-state index < -0.39 is 5.92 Å². The number of halogens is 3. The van der Waals surface area contributed by atoms with Crippen LogP contribution in [0.1, 0.15) is 24.8 Å². The van der Waals surface area contributed by atoms with Gasteiger partial charge < -0.3 is 10.6 Å². The van der Waals surface area contributed by atoms with Crippen LogP contribution < -0.4 is 10.6 Å². The first-order valence-corrected chi connectivity index (χ1v) is 5.77. The lowest BCUT2D eigenvalue weighted by Gasteiger charge is -2.25. The third kappa shape index (κ3) is 3.29. The fourth-order valence-electron chi connectivity index (χ4n) is 2.19. The lowest BCUT2D eigenvalue weighted by molar-refractivity contribution is 0.00786. The molecule has 0 spiro atoms. The predicted molar refractivity (Wildman–Crippen MR) is 70.4 cm³/mol. The van der Waals surface area contributed by atoms with Crippen molar-refractivity contribution in [3.8, 4) is 0 Å². The second-order valence-corrected chi connectivity index (χ2v) is 4.59. The van der Waals surface area contributed by atoms with Crippen molar-refractivity contribution in [2.75, 3.05) is 11.9 Å². The van der Waals surface area contributed by atoms with Gasteiger partial charge in [-0.25, -0.2) is 13.8 Å². The molecule has 1 atom stereocenters. The fraction of sp³-hybridized carbons (Fsp3) is 0.583. The maximum Gasteiger partial charge on any atom is 0.250 e. The van der Waals surface area contributed by atoms with Gasteiger partial charge >= 0.3 is 0 Å². The molecule has 2 N–H and O–H groups in total. The van der Waals surface area contributed by atoms with Crippen LogP contribution in [0.15, 0.2) is 18.3 Å². The normalized spacial score (nSPS) is 21.4. The Morgan fingerprint density at radius 2 is 2.22 bits per heavy atom. The molecule has 2 rings (SSSR count). The SMILES string of the molecule is CN(c1ccc(CN)cn1)[C@H]1CCC(F)(F)C1.Cl. The highest BCUT2D eigenvalue weighted by molar-refractivity contribution is 5.85. The maximum absolute atomic E-state index is 13.1. The van der Waals surface area contributed by atoms with E-state index in [4.69, 9.17) is 5.73 Å². The number of anilines is 1. The van der Waals surface area contributed by atoms with E-state index in [1.807, 2.05) is 24.1 Å². The van der Waals surface area contributed by atoms with Gasteiger partial charge in [-0.1, -0.05) is 6.07 Å². The molecule has 18 heavy (non-hydrogen) atoms. The van der Waals surface area contributed by atoms with Crippen molar-refractivity contribution in [3.05, 3.63) is 23.9 Å². The van der Waals surface area contributed by atoms with E-state index in [9.17, 15) is 8.78 Å². The lowest BCUT2D eigenvalue weighted by Crippen LogP contribution is -2.31. The van der Waals surface area contributed by atoms with Crippen LogP contribution in [-0.4, -0.2) is 24.0 Å². The van der Waals surface area contributed by atoms with E-state index in [-0.39, 0.29) is 31.3 Å². The van der Waals surface area contributed by atoms with Gasteiger partial charge in [0.25, 0.3) is 0 Å². The molecule has 6 heteroatoms. The molecule has 102 valence electrons. The second-order valence-electron chi connectivity index (χ2n) is 4.59. The minimum Gasteiger partial charge on any atom is -0.356 e. The molecular formula is C12H18ClF2N3. The Morgan fingerprint density at radius 1 is 1.50 bits per heavy atom. The van der Waals surface area contributed by atoms with Crippen LogP contribution in [0.25, 0.3) is 0 Å². The Bertz CT molecular complexity index is 383. The Kier molecular flexibility index (Phi) is 4.87. The quantitative estimate of drug-likeness (QED) is 0.923. The molecular weight excluding hydrogens is 260 g/mol. The first kappa shape index (κ1) is 15.1. The number of nitrogens with two attached hydrogens (primary N) is 1. The van der Waals surface area contributed by atoms with Crippen molar-refractivity contribution in [2.24, 2.45) is 5.73 Å².